The number of hydrogen-bond donors (Lipinski definition) is 1. The molecule has 0 aliphatic carbocycles. The molecule has 1 amide bonds. The number of nitrogens with one attached hydrogen (secondary N) is 1. The smallest absolute Gasteiger partial charge is 0.261 e. The monoisotopic (exact) mass is 418 g/mol. The van der Waals surface area contributed by atoms with Gasteiger partial charge < -0.3 is 5.32 Å². The lowest BCUT2D eigenvalue weighted by Gasteiger charge is -2.26. The van der Waals surface area contributed by atoms with Crippen molar-refractivity contribution < 1.29 is 4.79 Å². The molecule has 1 fully saturated rings. The Hall–Kier alpha value is -2.99. The second kappa shape index (κ2) is 9.88. The van der Waals surface area contributed by atoms with E-state index in [1.807, 2.05) is 19.1 Å². The highest BCUT2D eigenvalue weighted by Gasteiger charge is 2.11. The first-order valence-corrected chi connectivity index (χ1v) is 11.1. The summed E-state index contributed by atoms with van der Waals surface area (Å²) in [5.41, 5.74) is 3.98. The number of aromatic nitrogens is 2. The van der Waals surface area contributed by atoms with Crippen molar-refractivity contribution in [2.75, 3.05) is 13.1 Å². The average molecular weight is 419 g/mol. The summed E-state index contributed by atoms with van der Waals surface area (Å²) in [7, 11) is 0. The van der Waals surface area contributed by atoms with E-state index in [4.69, 9.17) is 0 Å². The van der Waals surface area contributed by atoms with Gasteiger partial charge in [0, 0.05) is 26.1 Å². The number of carbonyl (C=O) groups is 1. The molecule has 6 heteroatoms. The van der Waals surface area contributed by atoms with E-state index in [1.165, 1.54) is 48.8 Å². The molecule has 0 bridgehead atoms. The van der Waals surface area contributed by atoms with Gasteiger partial charge in [-0.15, -0.1) is 0 Å². The molecule has 1 N–H and O–H groups in total. The van der Waals surface area contributed by atoms with Crippen LogP contribution in [0.3, 0.4) is 0 Å². The molecule has 1 aromatic heterocycles. The van der Waals surface area contributed by atoms with Crippen LogP contribution in [0.25, 0.3) is 10.9 Å². The highest BCUT2D eigenvalue weighted by atomic mass is 16.1. The van der Waals surface area contributed by atoms with Crippen LogP contribution in [0.2, 0.25) is 0 Å². The maximum absolute atomic E-state index is 12.6. The molecule has 3 aromatic rings. The van der Waals surface area contributed by atoms with Crippen molar-refractivity contribution >= 4 is 16.8 Å². The quantitative estimate of drug-likeness (QED) is 0.639. The molecule has 0 radical (unpaired) electrons. The Labute approximate surface area is 182 Å². The Morgan fingerprint density at radius 3 is 2.55 bits per heavy atom. The predicted molar refractivity (Wildman–Crippen MR) is 123 cm³/mol. The van der Waals surface area contributed by atoms with Gasteiger partial charge in [-0.05, 0) is 55.6 Å². The van der Waals surface area contributed by atoms with Gasteiger partial charge in [0.2, 0.25) is 5.91 Å². The first kappa shape index (κ1) is 21.2. The molecule has 1 aliphatic heterocycles. The van der Waals surface area contributed by atoms with Crippen LogP contribution in [0.1, 0.15) is 42.4 Å². The molecule has 31 heavy (non-hydrogen) atoms. The van der Waals surface area contributed by atoms with Crippen LogP contribution in [0, 0.1) is 6.92 Å². The van der Waals surface area contributed by atoms with Gasteiger partial charge in [-0.3, -0.25) is 19.1 Å². The summed E-state index contributed by atoms with van der Waals surface area (Å²) < 4.78 is 1.51. The van der Waals surface area contributed by atoms with Crippen LogP contribution in [0.5, 0.6) is 0 Å². The molecule has 6 nitrogen and oxygen atoms in total. The van der Waals surface area contributed by atoms with Crippen molar-refractivity contribution in [3.63, 3.8) is 0 Å². The summed E-state index contributed by atoms with van der Waals surface area (Å²) in [6, 6.07) is 14.0. The minimum atomic E-state index is -0.106. The van der Waals surface area contributed by atoms with E-state index >= 15 is 0 Å². The summed E-state index contributed by atoms with van der Waals surface area (Å²) >= 11 is 0. The maximum atomic E-state index is 12.6. The van der Waals surface area contributed by atoms with E-state index in [2.05, 4.69) is 39.5 Å². The van der Waals surface area contributed by atoms with Gasteiger partial charge in [0.1, 0.15) is 0 Å². The standard InChI is InChI=1S/C25H30N4O2/c1-19-6-5-7-22-24(19)27-18-29(25(22)31)15-12-23(30)26-16-20-8-10-21(11-9-20)17-28-13-3-2-4-14-28/h5-11,18H,2-4,12-17H2,1H3,(H,26,30). The molecule has 0 spiro atoms. The molecule has 0 atom stereocenters. The van der Waals surface area contributed by atoms with Crippen molar-refractivity contribution in [3.8, 4) is 0 Å². The van der Waals surface area contributed by atoms with Crippen LogP contribution in [0.4, 0.5) is 0 Å². The van der Waals surface area contributed by atoms with Gasteiger partial charge in [-0.2, -0.15) is 0 Å². The third kappa shape index (κ3) is 5.39. The number of piperidine rings is 1. The summed E-state index contributed by atoms with van der Waals surface area (Å²) in [6.07, 6.45) is 5.72. The second-order valence-electron chi connectivity index (χ2n) is 8.39. The van der Waals surface area contributed by atoms with Gasteiger partial charge >= 0.3 is 0 Å². The first-order valence-electron chi connectivity index (χ1n) is 11.1. The Morgan fingerprint density at radius 1 is 1.03 bits per heavy atom. The zero-order valence-electron chi connectivity index (χ0n) is 18.1. The fourth-order valence-electron chi connectivity index (χ4n) is 4.15. The fraction of sp³-hybridized carbons (Fsp3) is 0.400. The fourth-order valence-corrected chi connectivity index (χ4v) is 4.15. The predicted octanol–water partition coefficient (Wildman–Crippen LogP) is 3.40. The van der Waals surface area contributed by atoms with Crippen molar-refractivity contribution in [2.24, 2.45) is 0 Å². The number of carbonyl (C=O) groups excluding carboxylic acids is 1. The molecule has 2 aromatic carbocycles. The second-order valence-corrected chi connectivity index (χ2v) is 8.39. The molecule has 0 saturated carbocycles. The number of fused-ring (bicyclic) bond motifs is 1. The van der Waals surface area contributed by atoms with Gasteiger partial charge in [-0.25, -0.2) is 4.98 Å². The first-order chi connectivity index (χ1) is 15.1. The molecule has 1 saturated heterocycles. The van der Waals surface area contributed by atoms with E-state index in [-0.39, 0.29) is 17.9 Å². The van der Waals surface area contributed by atoms with Crippen LogP contribution in [0.15, 0.2) is 53.6 Å². The molecule has 1 aliphatic rings. The summed E-state index contributed by atoms with van der Waals surface area (Å²) in [5, 5.41) is 3.54. The molecule has 162 valence electrons. The van der Waals surface area contributed by atoms with Crippen LogP contribution >= 0.6 is 0 Å². The number of hydrogen-bond acceptors (Lipinski definition) is 4. The van der Waals surface area contributed by atoms with Gasteiger partial charge in [0.25, 0.3) is 5.56 Å². The van der Waals surface area contributed by atoms with E-state index in [0.717, 1.165) is 23.2 Å². The SMILES string of the molecule is Cc1cccc2c(=O)n(CCC(=O)NCc3ccc(CN4CCCCC4)cc3)cnc12. The minimum Gasteiger partial charge on any atom is -0.352 e. The molecule has 4 rings (SSSR count). The van der Waals surface area contributed by atoms with Gasteiger partial charge in [-0.1, -0.05) is 42.8 Å². The number of aryl methyl sites for hydroxylation is 2. The Morgan fingerprint density at radius 2 is 1.77 bits per heavy atom. The third-order valence-electron chi connectivity index (χ3n) is 6.00. The molecular weight excluding hydrogens is 388 g/mol. The Kier molecular flexibility index (Phi) is 6.77. The van der Waals surface area contributed by atoms with Crippen LogP contribution in [-0.2, 0) is 24.4 Å². The highest BCUT2D eigenvalue weighted by Crippen LogP contribution is 2.14. The van der Waals surface area contributed by atoms with Crippen molar-refractivity contribution in [2.45, 2.75) is 52.2 Å². The summed E-state index contributed by atoms with van der Waals surface area (Å²) in [5.74, 6) is -0.0753. The lowest BCUT2D eigenvalue weighted by molar-refractivity contribution is -0.121. The molecule has 2 heterocycles. The van der Waals surface area contributed by atoms with Gasteiger partial charge in [0.15, 0.2) is 0 Å². The lowest BCUT2D eigenvalue weighted by atomic mass is 10.1. The number of benzene rings is 2. The highest BCUT2D eigenvalue weighted by molar-refractivity contribution is 5.80. The number of likely N-dealkylation sites (tertiary alicyclic amines) is 1. The maximum Gasteiger partial charge on any atom is 0.261 e. The van der Waals surface area contributed by atoms with Crippen molar-refractivity contribution in [1.82, 2.24) is 19.8 Å². The topological polar surface area (TPSA) is 67.2 Å². The van der Waals surface area contributed by atoms with E-state index in [1.54, 1.807) is 6.07 Å². The van der Waals surface area contributed by atoms with Crippen LogP contribution in [-0.4, -0.2) is 33.4 Å². The van der Waals surface area contributed by atoms with Crippen LogP contribution < -0.4 is 10.9 Å². The largest absolute Gasteiger partial charge is 0.352 e. The number of para-hydroxylation sites is 1. The van der Waals surface area contributed by atoms with Gasteiger partial charge in [0.05, 0.1) is 17.2 Å². The number of rotatable bonds is 7. The average Bonchev–Trinajstić information content (AvgIpc) is 2.79. The molecular formula is C25H30N4O2. The van der Waals surface area contributed by atoms with Crippen molar-refractivity contribution in [1.29, 1.82) is 0 Å². The zero-order chi connectivity index (χ0) is 21.6. The van der Waals surface area contributed by atoms with Crippen molar-refractivity contribution in [3.05, 3.63) is 75.8 Å². The number of amides is 1. The van der Waals surface area contributed by atoms with E-state index < -0.39 is 0 Å². The summed E-state index contributed by atoms with van der Waals surface area (Å²) in [4.78, 5) is 31.8. The minimum absolute atomic E-state index is 0.0753. The van der Waals surface area contributed by atoms with E-state index in [0.29, 0.717) is 18.5 Å². The third-order valence-corrected chi connectivity index (χ3v) is 6.00. The lowest BCUT2D eigenvalue weighted by Crippen LogP contribution is -2.29. The number of nitrogens with zero attached hydrogens (tertiary/aromatic N) is 3. The molecule has 0 unspecified atom stereocenters. The normalized spacial score (nSPS) is 14.6. The Balaban J connectivity index is 1.27. The zero-order valence-corrected chi connectivity index (χ0v) is 18.1. The summed E-state index contributed by atoms with van der Waals surface area (Å²) in [6.45, 7) is 6.12. The Bertz CT molecular complexity index is 1100. The van der Waals surface area contributed by atoms with E-state index in [9.17, 15) is 9.59 Å².